The van der Waals surface area contributed by atoms with Crippen molar-refractivity contribution in [2.24, 2.45) is 0 Å². The molecule has 0 fully saturated rings. The lowest BCUT2D eigenvalue weighted by molar-refractivity contribution is 0.0945. The minimum Gasteiger partial charge on any atom is -0.448 e. The molecule has 5 aromatic rings. The molecule has 0 aliphatic rings. The smallest absolute Gasteiger partial charge is 0.273 e. The van der Waals surface area contributed by atoms with Crippen LogP contribution in [0.5, 0.6) is 0 Å². The number of aromatic nitrogens is 4. The first-order chi connectivity index (χ1) is 18.0. The molecule has 0 aliphatic carbocycles. The fraction of sp³-hybridized carbons (Fsp3) is 0.185. The minimum atomic E-state index is -0.480. The minimum absolute atomic E-state index is 0.0371. The lowest BCUT2D eigenvalue weighted by Gasteiger charge is -2.03. The zero-order valence-electron chi connectivity index (χ0n) is 19.8. The molecule has 0 saturated heterocycles. The summed E-state index contributed by atoms with van der Waals surface area (Å²) in [7, 11) is 0. The number of hydrogen-bond donors (Lipinski definition) is 3. The fourth-order valence-electron chi connectivity index (χ4n) is 3.86. The Morgan fingerprint density at radius 2 is 1.78 bits per heavy atom. The summed E-state index contributed by atoms with van der Waals surface area (Å²) in [4.78, 5) is 28.3. The molecule has 0 unspecified atom stereocenters. The van der Waals surface area contributed by atoms with Crippen LogP contribution in [0.3, 0.4) is 0 Å². The second-order valence-corrected chi connectivity index (χ2v) is 8.41. The number of carbonyl (C=O) groups is 1. The molecule has 0 saturated carbocycles. The van der Waals surface area contributed by atoms with Gasteiger partial charge in [0.25, 0.3) is 5.91 Å². The number of aromatic amines is 1. The third-order valence-corrected chi connectivity index (χ3v) is 5.80. The van der Waals surface area contributed by atoms with Crippen LogP contribution in [0.4, 0.5) is 8.78 Å². The van der Waals surface area contributed by atoms with Gasteiger partial charge in [-0.25, -0.2) is 18.7 Å². The third-order valence-electron chi connectivity index (χ3n) is 5.80. The summed E-state index contributed by atoms with van der Waals surface area (Å²) in [6.07, 6.45) is 3.95. The summed E-state index contributed by atoms with van der Waals surface area (Å²) >= 11 is 0. The van der Waals surface area contributed by atoms with Crippen molar-refractivity contribution in [3.05, 3.63) is 102 Å². The number of fused-ring (bicyclic) bond motifs is 1. The summed E-state index contributed by atoms with van der Waals surface area (Å²) in [6.45, 7) is 1.26. The van der Waals surface area contributed by atoms with Crippen molar-refractivity contribution in [1.29, 1.82) is 0 Å². The molecule has 0 bridgehead atoms. The molecule has 0 spiro atoms. The largest absolute Gasteiger partial charge is 0.448 e. The average Bonchev–Trinajstić information content (AvgIpc) is 3.55. The maximum Gasteiger partial charge on any atom is 0.273 e. The van der Waals surface area contributed by atoms with Crippen molar-refractivity contribution in [2.45, 2.75) is 19.4 Å². The number of imidazole rings is 1. The first kappa shape index (κ1) is 24.3. The summed E-state index contributed by atoms with van der Waals surface area (Å²) in [6, 6.07) is 15.1. The molecule has 8 nitrogen and oxygen atoms in total. The molecule has 3 heterocycles. The molecule has 1 amide bonds. The van der Waals surface area contributed by atoms with Crippen molar-refractivity contribution < 1.29 is 18.0 Å². The summed E-state index contributed by atoms with van der Waals surface area (Å²) in [5.41, 5.74) is 4.00. The number of hydrogen-bond acceptors (Lipinski definition) is 6. The maximum absolute atomic E-state index is 13.6. The highest BCUT2D eigenvalue weighted by Gasteiger charge is 2.13. The Morgan fingerprint density at radius 3 is 2.62 bits per heavy atom. The van der Waals surface area contributed by atoms with Gasteiger partial charge in [0.1, 0.15) is 23.7 Å². The maximum atomic E-state index is 13.6. The molecule has 5 rings (SSSR count). The molecule has 3 aromatic heterocycles. The second kappa shape index (κ2) is 11.1. The van der Waals surface area contributed by atoms with Crippen LogP contribution in [-0.2, 0) is 19.4 Å². The van der Waals surface area contributed by atoms with Crippen LogP contribution in [-0.4, -0.2) is 38.9 Å². The topological polar surface area (TPSA) is 109 Å². The number of rotatable bonds is 10. The van der Waals surface area contributed by atoms with Crippen LogP contribution in [0.2, 0.25) is 0 Å². The van der Waals surface area contributed by atoms with E-state index in [1.807, 2.05) is 18.2 Å². The Labute approximate surface area is 211 Å². The van der Waals surface area contributed by atoms with Crippen LogP contribution in [0.1, 0.15) is 27.9 Å². The first-order valence-electron chi connectivity index (χ1n) is 11.8. The van der Waals surface area contributed by atoms with Gasteiger partial charge in [0.05, 0.1) is 23.3 Å². The number of nitrogens with one attached hydrogen (secondary N) is 3. The van der Waals surface area contributed by atoms with Crippen LogP contribution < -0.4 is 10.6 Å². The number of halogens is 2. The van der Waals surface area contributed by atoms with Crippen LogP contribution in [0.15, 0.2) is 71.5 Å². The van der Waals surface area contributed by atoms with E-state index in [1.54, 1.807) is 12.1 Å². The molecule has 188 valence electrons. The van der Waals surface area contributed by atoms with Crippen molar-refractivity contribution in [1.82, 2.24) is 30.6 Å². The standard InChI is InChI=1S/C27H24F2N6O2/c28-19-6-3-17(4-7-19)18-5-8-21-22(14-18)34-25(33-21)9-12-30-13-10-26-35-24(16-37-26)27(36)32-15-23-20(29)2-1-11-31-23/h1-8,11,14,16,30H,9-10,12-13,15H2,(H,32,36)(H,33,34). The van der Waals surface area contributed by atoms with Crippen LogP contribution >= 0.6 is 0 Å². The molecular formula is C27H24F2N6O2. The van der Waals surface area contributed by atoms with Crippen LogP contribution in [0, 0.1) is 11.6 Å². The van der Waals surface area contributed by atoms with Crippen molar-refractivity contribution in [2.75, 3.05) is 13.1 Å². The van der Waals surface area contributed by atoms with Gasteiger partial charge >= 0.3 is 0 Å². The predicted octanol–water partition coefficient (Wildman–Crippen LogP) is 4.20. The predicted molar refractivity (Wildman–Crippen MR) is 134 cm³/mol. The fourth-order valence-corrected chi connectivity index (χ4v) is 3.86. The van der Waals surface area contributed by atoms with Gasteiger partial charge in [-0.3, -0.25) is 9.78 Å². The SMILES string of the molecule is O=C(NCc1ncccc1F)c1coc(CCNCCc2nc3cc(-c4ccc(F)cc4)ccc3[nH]2)n1. The highest BCUT2D eigenvalue weighted by atomic mass is 19.1. The highest BCUT2D eigenvalue weighted by Crippen LogP contribution is 2.23. The number of amides is 1. The van der Waals surface area contributed by atoms with Gasteiger partial charge in [-0.15, -0.1) is 0 Å². The normalized spacial score (nSPS) is 11.2. The van der Waals surface area contributed by atoms with Gasteiger partial charge in [-0.2, -0.15) is 0 Å². The summed E-state index contributed by atoms with van der Waals surface area (Å²) < 4.78 is 32.2. The average molecular weight is 503 g/mol. The molecule has 0 aliphatic heterocycles. The number of benzene rings is 2. The van der Waals surface area contributed by atoms with Crippen molar-refractivity contribution >= 4 is 16.9 Å². The summed E-state index contributed by atoms with van der Waals surface area (Å²) in [5.74, 6) is 0.0899. The van der Waals surface area contributed by atoms with E-state index in [4.69, 9.17) is 4.42 Å². The van der Waals surface area contributed by atoms with Crippen molar-refractivity contribution in [3.8, 4) is 11.1 Å². The zero-order chi connectivity index (χ0) is 25.6. The summed E-state index contributed by atoms with van der Waals surface area (Å²) in [5, 5.41) is 5.90. The van der Waals surface area contributed by atoms with E-state index in [-0.39, 0.29) is 23.7 Å². The number of H-pyrrole nitrogens is 1. The Kier molecular flexibility index (Phi) is 7.27. The lowest BCUT2D eigenvalue weighted by atomic mass is 10.1. The molecular weight excluding hydrogens is 478 g/mol. The van der Waals surface area contributed by atoms with Gasteiger partial charge in [0.2, 0.25) is 0 Å². The molecule has 10 heteroatoms. The van der Waals surface area contributed by atoms with Gasteiger partial charge in [-0.1, -0.05) is 18.2 Å². The molecule has 0 atom stereocenters. The zero-order valence-corrected chi connectivity index (χ0v) is 19.8. The quantitative estimate of drug-likeness (QED) is 0.247. The molecule has 37 heavy (non-hydrogen) atoms. The van der Waals surface area contributed by atoms with E-state index in [0.29, 0.717) is 31.8 Å². The highest BCUT2D eigenvalue weighted by molar-refractivity contribution is 5.91. The van der Waals surface area contributed by atoms with Gasteiger partial charge < -0.3 is 20.0 Å². The first-order valence-corrected chi connectivity index (χ1v) is 11.8. The molecule has 0 radical (unpaired) electrons. The third kappa shape index (κ3) is 6.04. The monoisotopic (exact) mass is 502 g/mol. The van der Waals surface area contributed by atoms with E-state index in [9.17, 15) is 13.6 Å². The number of pyridine rings is 1. The van der Waals surface area contributed by atoms with Crippen LogP contribution in [0.25, 0.3) is 22.2 Å². The van der Waals surface area contributed by atoms with Gasteiger partial charge in [-0.05, 0) is 47.5 Å². The van der Waals surface area contributed by atoms with E-state index in [1.165, 1.54) is 36.7 Å². The Bertz CT molecular complexity index is 1510. The van der Waals surface area contributed by atoms with E-state index < -0.39 is 11.7 Å². The Morgan fingerprint density at radius 1 is 0.973 bits per heavy atom. The molecule has 3 N–H and O–H groups in total. The number of nitrogens with zero attached hydrogens (tertiary/aromatic N) is 3. The molecule has 2 aromatic carbocycles. The number of carbonyl (C=O) groups excluding carboxylic acids is 1. The van der Waals surface area contributed by atoms with Crippen molar-refractivity contribution in [3.63, 3.8) is 0 Å². The van der Waals surface area contributed by atoms with Gasteiger partial charge in [0, 0.05) is 32.1 Å². The Balaban J connectivity index is 1.07. The van der Waals surface area contributed by atoms with Gasteiger partial charge in [0.15, 0.2) is 11.6 Å². The number of oxazole rings is 1. The van der Waals surface area contributed by atoms with E-state index in [0.717, 1.165) is 28.0 Å². The second-order valence-electron chi connectivity index (χ2n) is 8.41. The Hall–Kier alpha value is -4.44. The lowest BCUT2D eigenvalue weighted by Crippen LogP contribution is -2.24. The van der Waals surface area contributed by atoms with E-state index >= 15 is 0 Å². The van der Waals surface area contributed by atoms with E-state index in [2.05, 4.69) is 30.6 Å².